The summed E-state index contributed by atoms with van der Waals surface area (Å²) < 4.78 is 24.1. The number of carboxylic acid groups (broad SMARTS) is 3. The van der Waals surface area contributed by atoms with Gasteiger partial charge in [-0.25, -0.2) is 9.36 Å². The molecule has 0 aliphatic rings. The minimum absolute atomic E-state index is 0.0188. The van der Waals surface area contributed by atoms with E-state index in [1.807, 2.05) is 114 Å². The number of rotatable bonds is 26. The molecular formula is C75H75N5O17S2. The van der Waals surface area contributed by atoms with Crippen LogP contribution in [0, 0.1) is 34.6 Å². The number of carbonyl (C=O) groups is 5. The maximum absolute atomic E-state index is 13.5. The highest BCUT2D eigenvalue weighted by Gasteiger charge is 2.26. The number of primary amides is 1. The summed E-state index contributed by atoms with van der Waals surface area (Å²) in [5.41, 5.74) is 8.72. The fourth-order valence-corrected chi connectivity index (χ4v) is 12.0. The van der Waals surface area contributed by atoms with Crippen LogP contribution in [0.1, 0.15) is 90.6 Å². The molecule has 2 amide bonds. The van der Waals surface area contributed by atoms with Crippen molar-refractivity contribution >= 4 is 96.9 Å². The fourth-order valence-electron chi connectivity index (χ4n) is 10.7. The zero-order valence-electron chi connectivity index (χ0n) is 55.3. The average Bonchev–Trinajstić information content (AvgIpc) is 0.796. The molecule has 0 bridgehead atoms. The number of nitrogens with zero attached hydrogens (tertiary/aromatic N) is 3. The van der Waals surface area contributed by atoms with Crippen LogP contribution in [0.4, 0.5) is 11.4 Å². The van der Waals surface area contributed by atoms with Crippen LogP contribution in [0.5, 0.6) is 46.1 Å². The molecule has 99 heavy (non-hydrogen) atoms. The lowest BCUT2D eigenvalue weighted by Gasteiger charge is -2.16. The highest BCUT2D eigenvalue weighted by Crippen LogP contribution is 2.41. The number of aromatic carboxylic acids is 1. The summed E-state index contributed by atoms with van der Waals surface area (Å²) >= 11 is 2.44. The quantitative estimate of drug-likeness (QED) is 0.0138. The second-order valence-electron chi connectivity index (χ2n) is 23.0. The number of aromatic hydroxyl groups is 4. The summed E-state index contributed by atoms with van der Waals surface area (Å²) in [6, 6.07) is 43.5. The molecule has 0 fully saturated rings. The van der Waals surface area contributed by atoms with E-state index in [4.69, 9.17) is 34.9 Å². The first-order valence-corrected chi connectivity index (χ1v) is 33.3. The Labute approximate surface area is 578 Å². The zero-order valence-corrected chi connectivity index (χ0v) is 57.0. The number of benzene rings is 9. The van der Waals surface area contributed by atoms with Gasteiger partial charge in [-0.15, -0.1) is 28.6 Å². The first-order valence-electron chi connectivity index (χ1n) is 31.2. The van der Waals surface area contributed by atoms with Gasteiger partial charge in [0.15, 0.2) is 5.69 Å². The van der Waals surface area contributed by atoms with Crippen molar-refractivity contribution < 1.29 is 78.7 Å². The van der Waals surface area contributed by atoms with E-state index in [1.54, 1.807) is 48.5 Å². The van der Waals surface area contributed by atoms with Crippen molar-refractivity contribution in [3.8, 4) is 51.8 Å². The Morgan fingerprint density at radius 3 is 1.87 bits per heavy atom. The van der Waals surface area contributed by atoms with Crippen molar-refractivity contribution in [1.82, 2.24) is 9.88 Å². The number of pyridine rings is 1. The molecule has 0 saturated heterocycles. The highest BCUT2D eigenvalue weighted by atomic mass is 32.2. The van der Waals surface area contributed by atoms with Gasteiger partial charge in [-0.2, -0.15) is 5.11 Å². The SMILES string of the molecule is Cc1c(C(N)=O)c(O)n(-c2ccccc2C(=O)O)c(=O)c1N=Nc1ccc(OCCOc2cc(C(C)C)c(O)c3ccccc23)cc1.Cc1cc(OCCSCC(=O)O)c2c(C)cccc2c1O.Cc1ccc(OCCCNC(=O)c2cc(SCC(=O)O)c3ccccc3c2O)c(C)c1. The summed E-state index contributed by atoms with van der Waals surface area (Å²) in [5.74, 6) is -1.57. The third-order valence-corrected chi connectivity index (χ3v) is 17.5. The zero-order chi connectivity index (χ0) is 71.6. The van der Waals surface area contributed by atoms with Gasteiger partial charge < -0.3 is 65.7 Å². The standard InChI is InChI=1S/C35H32N4O8.C24H25NO5S.C16H18O4S/c1-19(2)26-18-28(23-8-4-5-9-24(23)31(26)40)47-17-16-46-22-14-12-21(13-15-22)37-38-30-20(3)29(32(36)41)33(42)39(34(30)43)27-11-7-6-10-25(27)35(44)45;1-15-8-9-20(16(2)12-15)30-11-5-10-25-24(29)19-13-21(31-14-22(26)27)17-6-3-4-7-18(17)23(19)28;1-10-4-3-5-12-15(10)13(8-11(2)16(12)19)20-6-7-21-9-14(17)18/h4-15,18-19,40,42H,16-17H2,1-3H3,(H2,36,41)(H,44,45);3-4,6-9,12-13,28H,5,10-11,14H2,1-2H3,(H,25,29)(H,26,27);3-5,8,19H,6-7,9H2,1-2H3,(H,17,18). The molecular weight excluding hydrogens is 1310 g/mol. The summed E-state index contributed by atoms with van der Waals surface area (Å²) in [7, 11) is 0. The molecule has 22 nitrogen and oxygen atoms in total. The number of fused-ring (bicyclic) bond motifs is 3. The Morgan fingerprint density at radius 2 is 1.20 bits per heavy atom. The van der Waals surface area contributed by atoms with E-state index >= 15 is 0 Å². The van der Waals surface area contributed by atoms with E-state index in [9.17, 15) is 54.3 Å². The first kappa shape index (κ1) is 73.6. The van der Waals surface area contributed by atoms with Crippen LogP contribution >= 0.6 is 23.5 Å². The molecule has 0 saturated carbocycles. The van der Waals surface area contributed by atoms with Crippen LogP contribution < -0.4 is 35.6 Å². The van der Waals surface area contributed by atoms with E-state index in [0.29, 0.717) is 69.4 Å². The second-order valence-corrected chi connectivity index (χ2v) is 25.1. The van der Waals surface area contributed by atoms with E-state index in [-0.39, 0.29) is 76.0 Å². The molecule has 10 aromatic rings. The van der Waals surface area contributed by atoms with Crippen LogP contribution in [0.15, 0.2) is 172 Å². The molecule has 0 radical (unpaired) electrons. The van der Waals surface area contributed by atoms with Gasteiger partial charge >= 0.3 is 17.9 Å². The summed E-state index contributed by atoms with van der Waals surface area (Å²) in [4.78, 5) is 72.3. The van der Waals surface area contributed by atoms with Crippen molar-refractivity contribution in [3.05, 3.63) is 212 Å². The molecule has 0 unspecified atom stereocenters. The monoisotopic (exact) mass is 1380 g/mol. The number of carbonyl (C=O) groups excluding carboxylic acids is 2. The molecule has 9 aromatic carbocycles. The molecule has 0 spiro atoms. The van der Waals surface area contributed by atoms with Crippen LogP contribution in [0.2, 0.25) is 0 Å². The van der Waals surface area contributed by atoms with Gasteiger partial charge in [0.05, 0.1) is 47.2 Å². The predicted molar refractivity (Wildman–Crippen MR) is 383 cm³/mol. The number of aliphatic carboxylic acids is 2. The minimum atomic E-state index is -1.35. The van der Waals surface area contributed by atoms with E-state index in [0.717, 1.165) is 67.1 Å². The number of carboxylic acids is 3. The summed E-state index contributed by atoms with van der Waals surface area (Å²) in [5, 5.41) is 84.9. The Kier molecular flexibility index (Phi) is 25.4. The van der Waals surface area contributed by atoms with Gasteiger partial charge in [-0.3, -0.25) is 24.0 Å². The highest BCUT2D eigenvalue weighted by molar-refractivity contribution is 8.00. The number of nitrogens with one attached hydrogen (secondary N) is 1. The first-order chi connectivity index (χ1) is 47.4. The number of phenols is 3. The largest absolute Gasteiger partial charge is 0.507 e. The maximum Gasteiger partial charge on any atom is 0.337 e. The number of phenolic OH excluding ortho intramolecular Hbond substituents is 3. The Bertz CT molecular complexity index is 4750. The second kappa shape index (κ2) is 34.1. The number of aromatic nitrogens is 1. The van der Waals surface area contributed by atoms with Crippen LogP contribution in [0.3, 0.4) is 0 Å². The van der Waals surface area contributed by atoms with Crippen LogP contribution in [-0.2, 0) is 9.59 Å². The number of thioether (sulfide) groups is 2. The summed E-state index contributed by atoms with van der Waals surface area (Å²) in [6.07, 6.45) is 0.605. The van der Waals surface area contributed by atoms with Crippen LogP contribution in [-0.4, -0.2) is 120 Å². The maximum atomic E-state index is 13.5. The molecule has 0 aliphatic carbocycles. The molecule has 1 heterocycles. The van der Waals surface area contributed by atoms with Gasteiger partial charge in [-0.05, 0) is 130 Å². The third-order valence-electron chi connectivity index (χ3n) is 15.5. The number of hydrogen-bond acceptors (Lipinski definition) is 18. The molecule has 0 atom stereocenters. The average molecular weight is 1380 g/mol. The van der Waals surface area contributed by atoms with Crippen molar-refractivity contribution in [2.45, 2.75) is 65.7 Å². The minimum Gasteiger partial charge on any atom is -0.507 e. The summed E-state index contributed by atoms with van der Waals surface area (Å²) in [6.45, 7) is 15.0. The molecule has 0 aliphatic heterocycles. The number of aryl methyl sites for hydroxylation is 4. The van der Waals surface area contributed by atoms with Gasteiger partial charge in [0.25, 0.3) is 17.4 Å². The molecule has 514 valence electrons. The number of ether oxygens (including phenoxy) is 4. The van der Waals surface area contributed by atoms with Gasteiger partial charge in [0.1, 0.15) is 59.0 Å². The van der Waals surface area contributed by atoms with Crippen molar-refractivity contribution in [1.29, 1.82) is 0 Å². The lowest BCUT2D eigenvalue weighted by molar-refractivity contribution is -0.134. The molecule has 1 aromatic heterocycles. The van der Waals surface area contributed by atoms with Crippen molar-refractivity contribution in [2.75, 3.05) is 50.2 Å². The van der Waals surface area contributed by atoms with E-state index < -0.39 is 46.7 Å². The number of nitrogens with two attached hydrogens (primary N) is 1. The Hall–Kier alpha value is -11.2. The van der Waals surface area contributed by atoms with Gasteiger partial charge in [0.2, 0.25) is 5.88 Å². The van der Waals surface area contributed by atoms with E-state index in [1.165, 1.54) is 48.5 Å². The number of azo groups is 1. The van der Waals surface area contributed by atoms with Crippen molar-refractivity contribution in [3.63, 3.8) is 0 Å². The topological polar surface area (TPSA) is 349 Å². The Morgan fingerprint density at radius 1 is 0.576 bits per heavy atom. The molecule has 10 rings (SSSR count). The lowest BCUT2D eigenvalue weighted by Crippen LogP contribution is -2.25. The van der Waals surface area contributed by atoms with Crippen LogP contribution in [0.25, 0.3) is 38.0 Å². The fraction of sp³-hybridized carbons (Fsp3) is 0.227. The Balaban J connectivity index is 0.000000206. The normalized spacial score (nSPS) is 11.0. The van der Waals surface area contributed by atoms with E-state index in [2.05, 4.69) is 21.6 Å². The van der Waals surface area contributed by atoms with Crippen molar-refractivity contribution in [2.24, 2.45) is 16.0 Å². The third kappa shape index (κ3) is 18.5. The number of amides is 2. The molecule has 10 N–H and O–H groups in total. The van der Waals surface area contributed by atoms with Gasteiger partial charge in [-0.1, -0.05) is 110 Å². The predicted octanol–water partition coefficient (Wildman–Crippen LogP) is 14.4. The smallest absolute Gasteiger partial charge is 0.337 e. The number of hydrogen-bond donors (Lipinski definition) is 9. The number of para-hydroxylation sites is 1. The van der Waals surface area contributed by atoms with Gasteiger partial charge in [0, 0.05) is 55.3 Å². The lowest BCUT2D eigenvalue weighted by atomic mass is 9.97. The molecule has 24 heteroatoms.